The molecule has 6 heteroatoms. The van der Waals surface area contributed by atoms with E-state index >= 15 is 0 Å². The molecule has 0 fully saturated rings. The monoisotopic (exact) mass is 368 g/mol. The predicted octanol–water partition coefficient (Wildman–Crippen LogP) is 3.48. The van der Waals surface area contributed by atoms with E-state index in [0.29, 0.717) is 5.56 Å². The number of benzene rings is 2. The number of anilines is 1. The Balaban J connectivity index is 2.03. The highest BCUT2D eigenvalue weighted by atomic mass is 79.9. The highest BCUT2D eigenvalue weighted by molar-refractivity contribution is 9.10. The maximum absolute atomic E-state index is 10.8. The number of hydrogen-bond donors (Lipinski definition) is 1. The third-order valence-corrected chi connectivity index (χ3v) is 3.87. The summed E-state index contributed by atoms with van der Waals surface area (Å²) in [6, 6.07) is 16.6. The third kappa shape index (κ3) is 3.26. The second kappa shape index (κ2) is 6.65. The maximum Gasteiger partial charge on any atom is 0.172 e. The number of rotatable bonds is 4. The van der Waals surface area contributed by atoms with Crippen molar-refractivity contribution >= 4 is 21.6 Å². The molecule has 0 spiro atoms. The average molecular weight is 369 g/mol. The Bertz CT molecular complexity index is 825. The Hall–Kier alpha value is -2.62. The normalized spacial score (nSPS) is 11.7. The predicted molar refractivity (Wildman–Crippen MR) is 90.4 cm³/mol. The summed E-state index contributed by atoms with van der Waals surface area (Å²) in [5.41, 5.74) is 2.04. The van der Waals surface area contributed by atoms with Crippen LogP contribution >= 0.6 is 15.9 Å². The van der Waals surface area contributed by atoms with Crippen molar-refractivity contribution in [2.75, 3.05) is 5.01 Å². The van der Waals surface area contributed by atoms with Crippen molar-refractivity contribution in [3.05, 3.63) is 82.9 Å². The standard InChI is InChI=1S/C17H13BrN4O/c18-15-3-1-2-14(10-15)17(23)22(21-9-8-20-12-21)16-6-4-13(11-19)5-7-16/h1-10,12,17,23H. The summed E-state index contributed by atoms with van der Waals surface area (Å²) >= 11 is 3.42. The van der Waals surface area contributed by atoms with Gasteiger partial charge in [0.2, 0.25) is 0 Å². The van der Waals surface area contributed by atoms with Crippen LogP contribution in [0, 0.1) is 11.3 Å². The molecule has 0 saturated carbocycles. The number of aromatic nitrogens is 2. The van der Waals surface area contributed by atoms with Crippen LogP contribution in [0.2, 0.25) is 0 Å². The van der Waals surface area contributed by atoms with Crippen molar-refractivity contribution < 1.29 is 5.11 Å². The van der Waals surface area contributed by atoms with Gasteiger partial charge < -0.3 is 5.11 Å². The fraction of sp³-hybridized carbons (Fsp3) is 0.0588. The van der Waals surface area contributed by atoms with Gasteiger partial charge in [-0.15, -0.1) is 0 Å². The van der Waals surface area contributed by atoms with Crippen LogP contribution < -0.4 is 5.01 Å². The topological polar surface area (TPSA) is 65.1 Å². The van der Waals surface area contributed by atoms with Gasteiger partial charge in [0.25, 0.3) is 0 Å². The summed E-state index contributed by atoms with van der Waals surface area (Å²) in [6.45, 7) is 0. The Kier molecular flexibility index (Phi) is 4.42. The van der Waals surface area contributed by atoms with Crippen molar-refractivity contribution in [3.63, 3.8) is 0 Å². The maximum atomic E-state index is 10.8. The number of aliphatic hydroxyl groups is 1. The quantitative estimate of drug-likeness (QED) is 0.716. The fourth-order valence-corrected chi connectivity index (χ4v) is 2.69. The van der Waals surface area contributed by atoms with Gasteiger partial charge in [0.05, 0.1) is 17.3 Å². The smallest absolute Gasteiger partial charge is 0.172 e. The van der Waals surface area contributed by atoms with Gasteiger partial charge in [-0.1, -0.05) is 28.1 Å². The number of nitriles is 1. The van der Waals surface area contributed by atoms with Gasteiger partial charge in [-0.25, -0.2) is 14.7 Å². The molecule has 114 valence electrons. The Morgan fingerprint density at radius 3 is 2.61 bits per heavy atom. The largest absolute Gasteiger partial charge is 0.368 e. The number of hydrogen-bond acceptors (Lipinski definition) is 4. The van der Waals surface area contributed by atoms with E-state index in [1.807, 2.05) is 24.3 Å². The van der Waals surface area contributed by atoms with E-state index in [1.165, 1.54) is 0 Å². The molecule has 0 aliphatic carbocycles. The minimum absolute atomic E-state index is 0.566. The lowest BCUT2D eigenvalue weighted by Crippen LogP contribution is -2.33. The van der Waals surface area contributed by atoms with Gasteiger partial charge >= 0.3 is 0 Å². The second-order valence-electron chi connectivity index (χ2n) is 4.87. The molecular weight excluding hydrogens is 356 g/mol. The van der Waals surface area contributed by atoms with Gasteiger partial charge in [0, 0.05) is 22.4 Å². The number of imidazole rings is 1. The van der Waals surface area contributed by atoms with Crippen molar-refractivity contribution in [2.45, 2.75) is 6.23 Å². The van der Waals surface area contributed by atoms with Crippen LogP contribution in [0.25, 0.3) is 0 Å². The molecule has 5 nitrogen and oxygen atoms in total. The Morgan fingerprint density at radius 1 is 1.22 bits per heavy atom. The van der Waals surface area contributed by atoms with Crippen LogP contribution in [0.4, 0.5) is 5.69 Å². The lowest BCUT2D eigenvalue weighted by atomic mass is 10.1. The first-order chi connectivity index (χ1) is 11.2. The first-order valence-corrected chi connectivity index (χ1v) is 7.69. The molecule has 23 heavy (non-hydrogen) atoms. The van der Waals surface area contributed by atoms with Gasteiger partial charge in [0.1, 0.15) is 6.33 Å². The summed E-state index contributed by atoms with van der Waals surface area (Å²) in [7, 11) is 0. The van der Waals surface area contributed by atoms with Crippen LogP contribution in [0.3, 0.4) is 0 Å². The molecule has 1 atom stereocenters. The number of nitrogens with zero attached hydrogens (tertiary/aromatic N) is 4. The molecule has 1 aromatic heterocycles. The number of aliphatic hydroxyl groups excluding tert-OH is 1. The molecule has 0 radical (unpaired) electrons. The highest BCUT2D eigenvalue weighted by Crippen LogP contribution is 2.27. The van der Waals surface area contributed by atoms with E-state index in [0.717, 1.165) is 15.7 Å². The van der Waals surface area contributed by atoms with Gasteiger partial charge in [0.15, 0.2) is 6.23 Å². The van der Waals surface area contributed by atoms with Crippen LogP contribution in [-0.2, 0) is 0 Å². The summed E-state index contributed by atoms with van der Waals surface area (Å²) in [6.07, 6.45) is 4.10. The SMILES string of the molecule is N#Cc1ccc(N(C(O)c2cccc(Br)c2)n2ccnc2)cc1. The van der Waals surface area contributed by atoms with Crippen molar-refractivity contribution in [1.29, 1.82) is 5.26 Å². The van der Waals surface area contributed by atoms with Gasteiger partial charge in [-0.05, 0) is 36.4 Å². The van der Waals surface area contributed by atoms with E-state index in [2.05, 4.69) is 27.0 Å². The third-order valence-electron chi connectivity index (χ3n) is 3.38. The molecule has 0 amide bonds. The van der Waals surface area contributed by atoms with E-state index in [-0.39, 0.29) is 0 Å². The second-order valence-corrected chi connectivity index (χ2v) is 5.79. The average Bonchev–Trinajstić information content (AvgIpc) is 3.10. The molecule has 1 heterocycles. The van der Waals surface area contributed by atoms with E-state index in [4.69, 9.17) is 5.26 Å². The zero-order chi connectivity index (χ0) is 16.2. The van der Waals surface area contributed by atoms with Crippen molar-refractivity contribution in [1.82, 2.24) is 9.66 Å². The Morgan fingerprint density at radius 2 is 2.00 bits per heavy atom. The summed E-state index contributed by atoms with van der Waals surface area (Å²) < 4.78 is 2.59. The zero-order valence-corrected chi connectivity index (χ0v) is 13.6. The number of halogens is 1. The molecule has 3 aromatic rings. The van der Waals surface area contributed by atoms with Gasteiger partial charge in [-0.3, -0.25) is 0 Å². The minimum Gasteiger partial charge on any atom is -0.368 e. The molecular formula is C17H13BrN4O. The molecule has 0 aliphatic heterocycles. The first kappa shape index (κ1) is 15.3. The van der Waals surface area contributed by atoms with Gasteiger partial charge in [-0.2, -0.15) is 5.26 Å². The van der Waals surface area contributed by atoms with E-state index in [1.54, 1.807) is 52.7 Å². The van der Waals surface area contributed by atoms with Crippen LogP contribution in [-0.4, -0.2) is 14.8 Å². The summed E-state index contributed by atoms with van der Waals surface area (Å²) in [4.78, 5) is 4.04. The van der Waals surface area contributed by atoms with Crippen molar-refractivity contribution in [2.24, 2.45) is 0 Å². The van der Waals surface area contributed by atoms with E-state index < -0.39 is 6.23 Å². The van der Waals surface area contributed by atoms with Crippen LogP contribution in [0.5, 0.6) is 0 Å². The van der Waals surface area contributed by atoms with E-state index in [9.17, 15) is 5.11 Å². The molecule has 0 bridgehead atoms. The highest BCUT2D eigenvalue weighted by Gasteiger charge is 2.20. The lowest BCUT2D eigenvalue weighted by molar-refractivity contribution is 0.160. The minimum atomic E-state index is -0.908. The summed E-state index contributed by atoms with van der Waals surface area (Å²) in [5.74, 6) is 0. The zero-order valence-electron chi connectivity index (χ0n) is 12.0. The van der Waals surface area contributed by atoms with Crippen LogP contribution in [0.1, 0.15) is 17.4 Å². The Labute approximate surface area is 142 Å². The van der Waals surface area contributed by atoms with Crippen molar-refractivity contribution in [3.8, 4) is 6.07 Å². The molecule has 1 N–H and O–H groups in total. The molecule has 0 saturated heterocycles. The molecule has 0 aliphatic rings. The fourth-order valence-electron chi connectivity index (χ4n) is 2.28. The first-order valence-electron chi connectivity index (χ1n) is 6.90. The lowest BCUT2D eigenvalue weighted by Gasteiger charge is -2.30. The summed E-state index contributed by atoms with van der Waals surface area (Å²) in [5, 5.41) is 21.5. The molecule has 2 aromatic carbocycles. The molecule has 3 rings (SSSR count). The van der Waals surface area contributed by atoms with Crippen LogP contribution in [0.15, 0.2) is 71.7 Å². The molecule has 1 unspecified atom stereocenters.